The number of hydrogen-bond donors (Lipinski definition) is 2. The molecule has 0 fully saturated rings. The Bertz CT molecular complexity index is 1750. The van der Waals surface area contributed by atoms with Gasteiger partial charge in [-0.05, 0) is 54.4 Å². The smallest absolute Gasteiger partial charge is 0.433 e. The Hall–Kier alpha value is -4.35. The van der Waals surface area contributed by atoms with Gasteiger partial charge in [-0.2, -0.15) is 13.2 Å². The van der Waals surface area contributed by atoms with Gasteiger partial charge in [-0.25, -0.2) is 4.98 Å². The number of aromatic nitrogens is 1. The number of rotatable bonds is 7. The summed E-state index contributed by atoms with van der Waals surface area (Å²) in [5.74, 6) is -0.966. The van der Waals surface area contributed by atoms with Crippen LogP contribution in [0, 0.1) is 6.92 Å². The molecule has 0 saturated heterocycles. The lowest BCUT2D eigenvalue weighted by Crippen LogP contribution is -2.16. The van der Waals surface area contributed by atoms with E-state index >= 15 is 0 Å². The molecule has 0 radical (unpaired) electrons. The van der Waals surface area contributed by atoms with E-state index in [1.165, 1.54) is 12.1 Å². The molecule has 5 rings (SSSR count). The maximum absolute atomic E-state index is 13.7. The number of nitrogens with zero attached hydrogens (tertiary/aromatic N) is 1. The summed E-state index contributed by atoms with van der Waals surface area (Å²) in [6.07, 6.45) is -4.74. The van der Waals surface area contributed by atoms with Crippen LogP contribution in [0.2, 0.25) is 5.02 Å². The number of halogens is 4. The van der Waals surface area contributed by atoms with Crippen LogP contribution in [0.15, 0.2) is 71.1 Å². The highest BCUT2D eigenvalue weighted by Gasteiger charge is 2.35. The molecule has 0 spiro atoms. The Morgan fingerprint density at radius 3 is 2.52 bits per heavy atom. The molecule has 0 aliphatic carbocycles. The predicted octanol–water partition coefficient (Wildman–Crippen LogP) is 7.47. The van der Waals surface area contributed by atoms with E-state index in [0.717, 1.165) is 11.6 Å². The fraction of sp³-hybridized carbons (Fsp3) is 0.107. The van der Waals surface area contributed by atoms with Crippen molar-refractivity contribution in [2.45, 2.75) is 19.7 Å². The molecule has 3 heterocycles. The number of furan rings is 1. The fourth-order valence-corrected chi connectivity index (χ4v) is 5.15. The van der Waals surface area contributed by atoms with E-state index in [1.807, 2.05) is 6.92 Å². The summed E-state index contributed by atoms with van der Waals surface area (Å²) in [7, 11) is 0. The molecule has 0 unspecified atom stereocenters. The Balaban J connectivity index is 1.52. The molecule has 0 aliphatic rings. The first-order valence-electron chi connectivity index (χ1n) is 11.7. The highest BCUT2D eigenvalue weighted by molar-refractivity contribution is 7.21. The molecule has 7 nitrogen and oxygen atoms in total. The van der Waals surface area contributed by atoms with Gasteiger partial charge in [-0.15, -0.1) is 11.3 Å². The maximum Gasteiger partial charge on any atom is 0.433 e. The Labute approximate surface area is 234 Å². The minimum absolute atomic E-state index is 0.00323. The third-order valence-electron chi connectivity index (χ3n) is 5.84. The molecule has 3 aromatic heterocycles. The van der Waals surface area contributed by atoms with Crippen LogP contribution in [0.5, 0.6) is 5.75 Å². The average molecular weight is 586 g/mol. The molecule has 40 heavy (non-hydrogen) atoms. The van der Waals surface area contributed by atoms with Crippen LogP contribution in [-0.2, 0) is 12.8 Å². The molecule has 204 valence electrons. The van der Waals surface area contributed by atoms with E-state index in [1.54, 1.807) is 48.5 Å². The van der Waals surface area contributed by atoms with Crippen LogP contribution >= 0.6 is 22.9 Å². The zero-order valence-electron chi connectivity index (χ0n) is 20.6. The Kier molecular flexibility index (Phi) is 7.26. The van der Waals surface area contributed by atoms with Gasteiger partial charge in [-0.3, -0.25) is 9.59 Å². The Morgan fingerprint density at radius 2 is 1.85 bits per heavy atom. The molecule has 0 bridgehead atoms. The summed E-state index contributed by atoms with van der Waals surface area (Å²) in [5, 5.41) is 3.25. The van der Waals surface area contributed by atoms with E-state index in [9.17, 15) is 22.8 Å². The highest BCUT2D eigenvalue weighted by atomic mass is 35.5. The summed E-state index contributed by atoms with van der Waals surface area (Å²) in [6.45, 7) is 1.84. The number of carbonyl (C=O) groups is 2. The second kappa shape index (κ2) is 10.7. The maximum atomic E-state index is 13.7. The van der Waals surface area contributed by atoms with Crippen LogP contribution in [-0.4, -0.2) is 16.8 Å². The number of nitrogens with one attached hydrogen (secondary N) is 1. The SMILES string of the molecule is Cc1ccc(-c2cc(C(F)(F)F)nc3sc(C(N)=O)c(NC(=O)c4ccc(COc5cccc(Cl)c5)o4)c23)cc1. The minimum Gasteiger partial charge on any atom is -0.486 e. The monoisotopic (exact) mass is 585 g/mol. The largest absolute Gasteiger partial charge is 0.486 e. The van der Waals surface area contributed by atoms with E-state index in [2.05, 4.69) is 10.3 Å². The number of fused-ring (bicyclic) bond motifs is 1. The van der Waals surface area contributed by atoms with Crippen molar-refractivity contribution < 1.29 is 31.9 Å². The van der Waals surface area contributed by atoms with E-state index in [0.29, 0.717) is 33.4 Å². The van der Waals surface area contributed by atoms with E-state index < -0.39 is 23.7 Å². The van der Waals surface area contributed by atoms with Gasteiger partial charge >= 0.3 is 6.18 Å². The van der Waals surface area contributed by atoms with Crippen molar-refractivity contribution in [1.29, 1.82) is 0 Å². The normalized spacial score (nSPS) is 11.5. The Morgan fingerprint density at radius 1 is 1.10 bits per heavy atom. The second-order valence-electron chi connectivity index (χ2n) is 8.74. The number of primary amides is 1. The van der Waals surface area contributed by atoms with Gasteiger partial charge in [0, 0.05) is 10.4 Å². The molecule has 0 aliphatic heterocycles. The molecule has 12 heteroatoms. The molecule has 2 aromatic carbocycles. The van der Waals surface area contributed by atoms with Crippen molar-refractivity contribution in [3.8, 4) is 16.9 Å². The van der Waals surface area contributed by atoms with Gasteiger partial charge in [0.05, 0.1) is 5.69 Å². The van der Waals surface area contributed by atoms with Crippen molar-refractivity contribution in [2.24, 2.45) is 5.73 Å². The average Bonchev–Trinajstić information content (AvgIpc) is 3.52. The van der Waals surface area contributed by atoms with Crippen LogP contribution in [0.25, 0.3) is 21.3 Å². The molecule has 5 aromatic rings. The number of amides is 2. The number of carbonyl (C=O) groups excluding carboxylic acids is 2. The topological polar surface area (TPSA) is 107 Å². The van der Waals surface area contributed by atoms with Crippen LogP contribution in [0.1, 0.15) is 37.2 Å². The first kappa shape index (κ1) is 27.2. The van der Waals surface area contributed by atoms with Crippen molar-refractivity contribution in [3.05, 3.63) is 99.4 Å². The van der Waals surface area contributed by atoms with E-state index in [4.69, 9.17) is 26.5 Å². The quantitative estimate of drug-likeness (QED) is 0.206. The number of anilines is 1. The lowest BCUT2D eigenvalue weighted by Gasteiger charge is -2.12. The van der Waals surface area contributed by atoms with Crippen molar-refractivity contribution in [1.82, 2.24) is 4.98 Å². The number of alkyl halides is 3. The summed E-state index contributed by atoms with van der Waals surface area (Å²) in [5.41, 5.74) is 5.83. The zero-order valence-corrected chi connectivity index (χ0v) is 22.2. The van der Waals surface area contributed by atoms with Crippen molar-refractivity contribution in [2.75, 3.05) is 5.32 Å². The molecule has 0 saturated carbocycles. The molecule has 2 amide bonds. The summed E-state index contributed by atoms with van der Waals surface area (Å²) in [6, 6.07) is 17.4. The molecule has 3 N–H and O–H groups in total. The van der Waals surface area contributed by atoms with Gasteiger partial charge in [0.1, 0.15) is 33.5 Å². The first-order chi connectivity index (χ1) is 19.0. The third kappa shape index (κ3) is 5.65. The molecule has 0 atom stereocenters. The van der Waals surface area contributed by atoms with Crippen LogP contribution in [0.3, 0.4) is 0 Å². The zero-order chi connectivity index (χ0) is 28.6. The van der Waals surface area contributed by atoms with Crippen molar-refractivity contribution >= 4 is 50.7 Å². The van der Waals surface area contributed by atoms with Crippen molar-refractivity contribution in [3.63, 3.8) is 0 Å². The lowest BCUT2D eigenvalue weighted by atomic mass is 10.00. The summed E-state index contributed by atoms with van der Waals surface area (Å²) >= 11 is 6.62. The third-order valence-corrected chi connectivity index (χ3v) is 7.17. The van der Waals surface area contributed by atoms with E-state index in [-0.39, 0.29) is 38.7 Å². The number of benzene rings is 2. The minimum atomic E-state index is -4.74. The predicted molar refractivity (Wildman–Crippen MR) is 146 cm³/mol. The number of pyridine rings is 1. The number of thiophene rings is 1. The lowest BCUT2D eigenvalue weighted by molar-refractivity contribution is -0.140. The fourth-order valence-electron chi connectivity index (χ4n) is 3.96. The summed E-state index contributed by atoms with van der Waals surface area (Å²) in [4.78, 5) is 29.0. The summed E-state index contributed by atoms with van der Waals surface area (Å²) < 4.78 is 52.4. The molecular weight excluding hydrogens is 567 g/mol. The number of nitrogens with two attached hydrogens (primary N) is 1. The number of hydrogen-bond acceptors (Lipinski definition) is 6. The molecular formula is C28H19ClF3N3O4S. The van der Waals surface area contributed by atoms with Gasteiger partial charge in [0.25, 0.3) is 11.8 Å². The standard InChI is InChI=1S/C28H19ClF3N3O4S/c1-14-5-7-15(8-6-14)19-12-21(28(30,31)32)34-27-22(19)23(24(40-27)25(33)36)35-26(37)20-10-9-18(39-20)13-38-17-4-2-3-16(29)11-17/h2-12H,13H2,1H3,(H2,33,36)(H,35,37). The number of aryl methyl sites for hydroxylation is 1. The van der Waals surface area contributed by atoms with Gasteiger partial charge in [-0.1, -0.05) is 47.5 Å². The van der Waals surface area contributed by atoms with Gasteiger partial charge < -0.3 is 20.2 Å². The van der Waals surface area contributed by atoms with Gasteiger partial charge in [0.15, 0.2) is 5.76 Å². The first-order valence-corrected chi connectivity index (χ1v) is 12.9. The number of ether oxygens (including phenoxy) is 1. The van der Waals surface area contributed by atoms with Crippen LogP contribution < -0.4 is 15.8 Å². The van der Waals surface area contributed by atoms with Gasteiger partial charge in [0.2, 0.25) is 0 Å². The highest BCUT2D eigenvalue weighted by Crippen LogP contribution is 2.43. The van der Waals surface area contributed by atoms with Crippen LogP contribution in [0.4, 0.5) is 18.9 Å². The second-order valence-corrected chi connectivity index (χ2v) is 10.2.